The minimum Gasteiger partial charge on any atom is -0.274 e. The zero-order chi connectivity index (χ0) is 16.7. The van der Waals surface area contributed by atoms with Crippen molar-refractivity contribution in [3.8, 4) is 0 Å². The monoisotopic (exact) mass is 388 g/mol. The Hall–Kier alpha value is -2.02. The van der Waals surface area contributed by atoms with Gasteiger partial charge in [-0.15, -0.1) is 0 Å². The number of benzene rings is 1. The molecule has 6 rings (SSSR count). The lowest BCUT2D eigenvalue weighted by atomic mass is 9.63. The van der Waals surface area contributed by atoms with Gasteiger partial charge in [0.2, 0.25) is 11.8 Å². The van der Waals surface area contributed by atoms with Crippen LogP contribution in [0, 0.1) is 45.6 Å². The van der Waals surface area contributed by atoms with Gasteiger partial charge < -0.3 is 0 Å². The first kappa shape index (κ1) is 14.3. The number of carbonyl (C=O) groups excluding carboxylic acids is 2. The van der Waals surface area contributed by atoms with Crippen LogP contribution in [0.3, 0.4) is 0 Å². The highest BCUT2D eigenvalue weighted by Gasteiger charge is 2.67. The van der Waals surface area contributed by atoms with Gasteiger partial charge in [-0.25, -0.2) is 4.90 Å². The standard InChI is InChI=1S/C17H13BrN2O4/c18-7-1-4-12(13(5-7)20(23)24)19-16(21)14-8-2-3-9(11-6-10(8)11)15(14)17(19)22/h1-5,8-11,14-15H,6H2/t8-,9-,10-,11+,14+,15-/m1/s1. The van der Waals surface area contributed by atoms with Gasteiger partial charge in [-0.1, -0.05) is 28.1 Å². The van der Waals surface area contributed by atoms with Crippen molar-refractivity contribution in [2.24, 2.45) is 35.5 Å². The summed E-state index contributed by atoms with van der Waals surface area (Å²) in [6.07, 6.45) is 5.27. The topological polar surface area (TPSA) is 80.5 Å². The Labute approximate surface area is 145 Å². The quantitative estimate of drug-likeness (QED) is 0.337. The summed E-state index contributed by atoms with van der Waals surface area (Å²) >= 11 is 3.20. The molecular formula is C17H13BrN2O4. The second-order valence-corrected chi connectivity index (χ2v) is 7.97. The molecule has 0 aromatic heterocycles. The maximum Gasteiger partial charge on any atom is 0.294 e. The van der Waals surface area contributed by atoms with Crippen molar-refractivity contribution in [1.82, 2.24) is 0 Å². The predicted molar refractivity (Wildman–Crippen MR) is 88.0 cm³/mol. The predicted octanol–water partition coefficient (Wildman–Crippen LogP) is 2.91. The molecular weight excluding hydrogens is 376 g/mol. The fourth-order valence-corrected chi connectivity index (χ4v) is 5.38. The number of nitrogens with zero attached hydrogens (tertiary/aromatic N) is 2. The molecule has 0 spiro atoms. The first-order chi connectivity index (χ1) is 11.5. The molecule has 2 bridgehead atoms. The van der Waals surface area contributed by atoms with Gasteiger partial charge in [-0.2, -0.15) is 0 Å². The summed E-state index contributed by atoms with van der Waals surface area (Å²) in [5.41, 5.74) is -0.143. The third kappa shape index (κ3) is 1.65. The average Bonchev–Trinajstić information content (AvgIpc) is 3.33. The third-order valence-corrected chi connectivity index (χ3v) is 6.53. The van der Waals surface area contributed by atoms with E-state index >= 15 is 0 Å². The summed E-state index contributed by atoms with van der Waals surface area (Å²) in [4.78, 5) is 37.9. The SMILES string of the molecule is O=C1[C@@H]2[C@@H]3C=C[C@H]([C@H]4C[C@@H]34)[C@@H]2C(=O)N1c1ccc(Br)cc1[N+](=O)[O-]. The fraction of sp³-hybridized carbons (Fsp3) is 0.412. The highest BCUT2D eigenvalue weighted by Crippen LogP contribution is 2.65. The molecule has 4 aliphatic carbocycles. The van der Waals surface area contributed by atoms with Gasteiger partial charge in [-0.05, 0) is 42.2 Å². The van der Waals surface area contributed by atoms with Gasteiger partial charge in [0.25, 0.3) is 5.69 Å². The van der Waals surface area contributed by atoms with Crippen LogP contribution in [0.15, 0.2) is 34.8 Å². The van der Waals surface area contributed by atoms with E-state index in [9.17, 15) is 19.7 Å². The maximum absolute atomic E-state index is 13.0. The van der Waals surface area contributed by atoms with E-state index in [0.29, 0.717) is 16.3 Å². The van der Waals surface area contributed by atoms with E-state index in [1.807, 2.05) is 0 Å². The van der Waals surface area contributed by atoms with Crippen molar-refractivity contribution >= 4 is 39.1 Å². The van der Waals surface area contributed by atoms with E-state index in [1.165, 1.54) is 12.1 Å². The molecule has 0 radical (unpaired) electrons. The Kier molecular flexibility index (Phi) is 2.71. The van der Waals surface area contributed by atoms with Gasteiger partial charge in [-0.3, -0.25) is 19.7 Å². The Morgan fingerprint density at radius 2 is 1.67 bits per heavy atom. The molecule has 2 saturated carbocycles. The van der Waals surface area contributed by atoms with Gasteiger partial charge in [0.15, 0.2) is 0 Å². The highest BCUT2D eigenvalue weighted by molar-refractivity contribution is 9.10. The number of allylic oxidation sites excluding steroid dienone is 2. The van der Waals surface area contributed by atoms with Crippen LogP contribution in [0.2, 0.25) is 0 Å². The summed E-state index contributed by atoms with van der Waals surface area (Å²) in [5, 5.41) is 11.4. The summed E-state index contributed by atoms with van der Waals surface area (Å²) in [6, 6.07) is 4.43. The molecule has 6 atom stereocenters. The summed E-state index contributed by atoms with van der Waals surface area (Å²) in [6.45, 7) is 0. The lowest BCUT2D eigenvalue weighted by Crippen LogP contribution is -2.40. The van der Waals surface area contributed by atoms with Crippen molar-refractivity contribution in [2.75, 3.05) is 4.90 Å². The number of anilines is 1. The molecule has 1 aromatic rings. The van der Waals surface area contributed by atoms with E-state index in [2.05, 4.69) is 28.1 Å². The van der Waals surface area contributed by atoms with Crippen LogP contribution in [0.4, 0.5) is 11.4 Å². The third-order valence-electron chi connectivity index (χ3n) is 6.04. The molecule has 1 heterocycles. The van der Waals surface area contributed by atoms with Gasteiger partial charge in [0.05, 0.1) is 16.8 Å². The highest BCUT2D eigenvalue weighted by atomic mass is 79.9. The molecule has 24 heavy (non-hydrogen) atoms. The van der Waals surface area contributed by atoms with Crippen LogP contribution in [0.5, 0.6) is 0 Å². The normalized spacial score (nSPS) is 38.3. The Morgan fingerprint density at radius 3 is 2.21 bits per heavy atom. The number of carbonyl (C=O) groups is 2. The van der Waals surface area contributed by atoms with E-state index in [4.69, 9.17) is 0 Å². The fourth-order valence-electron chi connectivity index (χ4n) is 5.03. The molecule has 122 valence electrons. The van der Waals surface area contributed by atoms with Crippen LogP contribution >= 0.6 is 15.9 Å². The van der Waals surface area contributed by atoms with Crippen molar-refractivity contribution in [2.45, 2.75) is 6.42 Å². The van der Waals surface area contributed by atoms with Crippen LogP contribution in [-0.2, 0) is 9.59 Å². The zero-order valence-electron chi connectivity index (χ0n) is 12.5. The molecule has 1 aromatic carbocycles. The molecule has 0 N–H and O–H groups in total. The Balaban J connectivity index is 1.61. The second kappa shape index (κ2) is 4.53. The molecule has 6 nitrogen and oxygen atoms in total. The average molecular weight is 389 g/mol. The van der Waals surface area contributed by atoms with Crippen LogP contribution < -0.4 is 4.90 Å². The first-order valence-electron chi connectivity index (χ1n) is 7.99. The molecule has 5 aliphatic rings. The smallest absolute Gasteiger partial charge is 0.274 e. The number of nitro groups is 1. The summed E-state index contributed by atoms with van der Waals surface area (Å²) < 4.78 is 0.539. The Bertz CT molecular complexity index is 815. The largest absolute Gasteiger partial charge is 0.294 e. The van der Waals surface area contributed by atoms with Crippen molar-refractivity contribution in [1.29, 1.82) is 0 Å². The Morgan fingerprint density at radius 1 is 1.08 bits per heavy atom. The lowest BCUT2D eigenvalue weighted by molar-refractivity contribution is -0.384. The first-order valence-corrected chi connectivity index (χ1v) is 8.78. The van der Waals surface area contributed by atoms with E-state index in [0.717, 1.165) is 11.3 Å². The van der Waals surface area contributed by atoms with Crippen LogP contribution in [0.25, 0.3) is 0 Å². The number of hydrogen-bond acceptors (Lipinski definition) is 4. The van der Waals surface area contributed by atoms with Gasteiger partial charge in [0, 0.05) is 10.5 Å². The maximum atomic E-state index is 13.0. The molecule has 7 heteroatoms. The van der Waals surface area contributed by atoms with Crippen molar-refractivity contribution in [3.63, 3.8) is 0 Å². The van der Waals surface area contributed by atoms with Crippen molar-refractivity contribution in [3.05, 3.63) is 44.9 Å². The number of nitro benzene ring substituents is 1. The number of rotatable bonds is 2. The second-order valence-electron chi connectivity index (χ2n) is 7.06. The van der Waals surface area contributed by atoms with Crippen molar-refractivity contribution < 1.29 is 14.5 Å². The summed E-state index contributed by atoms with van der Waals surface area (Å²) in [7, 11) is 0. The number of amides is 2. The van der Waals surface area contributed by atoms with Crippen LogP contribution in [-0.4, -0.2) is 16.7 Å². The van der Waals surface area contributed by atoms with E-state index < -0.39 is 4.92 Å². The number of hydrogen-bond donors (Lipinski definition) is 0. The van der Waals surface area contributed by atoms with Gasteiger partial charge >= 0.3 is 0 Å². The molecule has 0 unspecified atom stereocenters. The molecule has 3 fully saturated rings. The van der Waals surface area contributed by atoms with E-state index in [-0.39, 0.29) is 46.9 Å². The van der Waals surface area contributed by atoms with E-state index in [1.54, 1.807) is 6.07 Å². The molecule has 1 saturated heterocycles. The summed E-state index contributed by atoms with van der Waals surface area (Å²) in [5.74, 6) is -0.00290. The minimum atomic E-state index is -0.549. The number of imide groups is 1. The molecule has 1 aliphatic heterocycles. The minimum absolute atomic E-state index is 0.0840. The molecule has 2 amide bonds. The lowest BCUT2D eigenvalue weighted by Gasteiger charge is -2.37. The zero-order valence-corrected chi connectivity index (χ0v) is 14.0. The van der Waals surface area contributed by atoms with Gasteiger partial charge in [0.1, 0.15) is 5.69 Å². The van der Waals surface area contributed by atoms with Crippen LogP contribution in [0.1, 0.15) is 6.42 Å². The number of halogens is 1.